The van der Waals surface area contributed by atoms with Gasteiger partial charge in [0.2, 0.25) is 0 Å². The maximum atomic E-state index is 12.5. The van der Waals surface area contributed by atoms with Gasteiger partial charge in [-0.1, -0.05) is 34.7 Å². The molecule has 0 fully saturated rings. The average molecular weight is 351 g/mol. The molecule has 2 heterocycles. The molecule has 0 amide bonds. The van der Waals surface area contributed by atoms with Gasteiger partial charge in [0.05, 0.1) is 11.4 Å². The lowest BCUT2D eigenvalue weighted by Crippen LogP contribution is -2.26. The maximum Gasteiger partial charge on any atom is 0.159 e. The highest BCUT2D eigenvalue weighted by atomic mass is 32.2. The van der Waals surface area contributed by atoms with E-state index >= 15 is 0 Å². The number of hydrogen-bond donors (Lipinski definition) is 0. The molecule has 5 heteroatoms. The Morgan fingerprint density at radius 3 is 2.48 bits per heavy atom. The van der Waals surface area contributed by atoms with Crippen LogP contribution in [0.15, 0.2) is 59.1 Å². The van der Waals surface area contributed by atoms with Crippen LogP contribution in [0.5, 0.6) is 0 Å². The van der Waals surface area contributed by atoms with Crippen molar-refractivity contribution in [3.63, 3.8) is 0 Å². The smallest absolute Gasteiger partial charge is 0.159 e. The number of pyridine rings is 2. The SMILES string of the molecule is C/C(=N/[S+]([O-])C(C)(C)C)c1cc2cccnc2nc1-c1ccccc1. The molecule has 0 aliphatic heterocycles. The topological polar surface area (TPSA) is 61.2 Å². The van der Waals surface area contributed by atoms with Gasteiger partial charge in [-0.15, -0.1) is 0 Å². The quantitative estimate of drug-likeness (QED) is 0.513. The van der Waals surface area contributed by atoms with Gasteiger partial charge >= 0.3 is 0 Å². The first-order valence-electron chi connectivity index (χ1n) is 8.15. The summed E-state index contributed by atoms with van der Waals surface area (Å²) in [5.74, 6) is 0. The van der Waals surface area contributed by atoms with Crippen LogP contribution in [0.4, 0.5) is 0 Å². The fourth-order valence-electron chi connectivity index (χ4n) is 2.41. The zero-order valence-corrected chi connectivity index (χ0v) is 15.7. The van der Waals surface area contributed by atoms with Crippen LogP contribution in [0.1, 0.15) is 33.3 Å². The predicted molar refractivity (Wildman–Crippen MR) is 105 cm³/mol. The molecule has 1 atom stereocenters. The van der Waals surface area contributed by atoms with E-state index < -0.39 is 16.1 Å². The third-order valence-corrected chi connectivity index (χ3v) is 5.26. The second-order valence-corrected chi connectivity index (χ2v) is 8.74. The van der Waals surface area contributed by atoms with E-state index in [4.69, 9.17) is 4.98 Å². The van der Waals surface area contributed by atoms with E-state index in [2.05, 4.69) is 9.38 Å². The van der Waals surface area contributed by atoms with Crippen LogP contribution in [-0.4, -0.2) is 25.0 Å². The highest BCUT2D eigenvalue weighted by Crippen LogP contribution is 2.27. The molecule has 128 valence electrons. The van der Waals surface area contributed by atoms with E-state index in [0.29, 0.717) is 11.4 Å². The highest BCUT2D eigenvalue weighted by molar-refractivity contribution is 7.91. The van der Waals surface area contributed by atoms with Crippen LogP contribution >= 0.6 is 0 Å². The van der Waals surface area contributed by atoms with Gasteiger partial charge < -0.3 is 4.55 Å². The molecule has 0 aliphatic rings. The van der Waals surface area contributed by atoms with Crippen molar-refractivity contribution in [3.8, 4) is 11.3 Å². The van der Waals surface area contributed by atoms with E-state index in [1.165, 1.54) is 0 Å². The van der Waals surface area contributed by atoms with E-state index in [-0.39, 0.29) is 0 Å². The molecular weight excluding hydrogens is 330 g/mol. The number of nitrogens with zero attached hydrogens (tertiary/aromatic N) is 3. The van der Waals surface area contributed by atoms with Gasteiger partial charge in [-0.25, -0.2) is 9.97 Å². The van der Waals surface area contributed by atoms with Crippen molar-refractivity contribution in [1.82, 2.24) is 9.97 Å². The zero-order chi connectivity index (χ0) is 18.0. The normalized spacial score (nSPS) is 13.9. The molecular formula is C20H21N3OS. The summed E-state index contributed by atoms with van der Waals surface area (Å²) in [4.78, 5) is 9.10. The summed E-state index contributed by atoms with van der Waals surface area (Å²) in [6, 6.07) is 15.8. The Kier molecular flexibility index (Phi) is 4.88. The Morgan fingerprint density at radius 2 is 1.80 bits per heavy atom. The molecule has 0 saturated carbocycles. The molecule has 1 unspecified atom stereocenters. The molecule has 0 bridgehead atoms. The fraction of sp³-hybridized carbons (Fsp3) is 0.250. The summed E-state index contributed by atoms with van der Waals surface area (Å²) in [6.07, 6.45) is 1.74. The van der Waals surface area contributed by atoms with Crippen molar-refractivity contribution in [2.45, 2.75) is 32.4 Å². The highest BCUT2D eigenvalue weighted by Gasteiger charge is 2.27. The van der Waals surface area contributed by atoms with Crippen molar-refractivity contribution in [2.75, 3.05) is 0 Å². The molecule has 0 saturated heterocycles. The minimum atomic E-state index is -1.32. The van der Waals surface area contributed by atoms with Crippen molar-refractivity contribution >= 4 is 28.1 Å². The molecule has 3 rings (SSSR count). The van der Waals surface area contributed by atoms with E-state index in [9.17, 15) is 4.55 Å². The lowest BCUT2D eigenvalue weighted by Gasteiger charge is -2.19. The lowest BCUT2D eigenvalue weighted by atomic mass is 10.0. The van der Waals surface area contributed by atoms with Crippen molar-refractivity contribution in [3.05, 3.63) is 60.3 Å². The first-order valence-corrected chi connectivity index (χ1v) is 9.26. The first kappa shape index (κ1) is 17.6. The standard InChI is InChI=1S/C20H21N3OS/c1-14(23-25(24)20(2,3)4)17-13-16-11-8-12-21-19(16)22-18(17)15-9-6-5-7-10-15/h5-13H,1-4H3/b23-14-. The molecule has 3 aromatic rings. The van der Waals surface area contributed by atoms with Crippen LogP contribution in [0.3, 0.4) is 0 Å². The predicted octanol–water partition coefficient (Wildman–Crippen LogP) is 4.57. The summed E-state index contributed by atoms with van der Waals surface area (Å²) in [7, 11) is 0. The second kappa shape index (κ2) is 6.94. The summed E-state index contributed by atoms with van der Waals surface area (Å²) < 4.78 is 16.5. The number of benzene rings is 1. The molecule has 4 nitrogen and oxygen atoms in total. The van der Waals surface area contributed by atoms with Gasteiger partial charge in [0.1, 0.15) is 16.1 Å². The van der Waals surface area contributed by atoms with Crippen LogP contribution in [0.2, 0.25) is 0 Å². The third-order valence-electron chi connectivity index (χ3n) is 3.77. The maximum absolute atomic E-state index is 12.5. The van der Waals surface area contributed by atoms with Crippen LogP contribution < -0.4 is 0 Å². The fourth-order valence-corrected chi connectivity index (χ4v) is 3.03. The Labute approximate surface area is 151 Å². The summed E-state index contributed by atoms with van der Waals surface area (Å²) in [6.45, 7) is 7.64. The van der Waals surface area contributed by atoms with Crippen molar-refractivity contribution in [2.24, 2.45) is 4.40 Å². The van der Waals surface area contributed by atoms with Crippen LogP contribution in [-0.2, 0) is 11.4 Å². The first-order chi connectivity index (χ1) is 11.9. The van der Waals surface area contributed by atoms with E-state index in [0.717, 1.165) is 22.2 Å². The van der Waals surface area contributed by atoms with Gasteiger partial charge in [-0.2, -0.15) is 0 Å². The monoisotopic (exact) mass is 351 g/mol. The van der Waals surface area contributed by atoms with E-state index in [1.807, 2.05) is 76.2 Å². The largest absolute Gasteiger partial charge is 0.591 e. The van der Waals surface area contributed by atoms with E-state index in [1.54, 1.807) is 6.20 Å². The minimum Gasteiger partial charge on any atom is -0.591 e. The molecule has 0 radical (unpaired) electrons. The van der Waals surface area contributed by atoms with Gasteiger partial charge in [-0.3, -0.25) is 0 Å². The number of aromatic nitrogens is 2. The van der Waals surface area contributed by atoms with Gasteiger partial charge in [-0.05, 0) is 45.9 Å². The third kappa shape index (κ3) is 3.89. The second-order valence-electron chi connectivity index (χ2n) is 6.84. The summed E-state index contributed by atoms with van der Waals surface area (Å²) >= 11 is -1.32. The summed E-state index contributed by atoms with van der Waals surface area (Å²) in [5, 5.41) is 0.938. The number of rotatable bonds is 3. The molecule has 2 aromatic heterocycles. The molecule has 0 spiro atoms. The molecule has 1 aromatic carbocycles. The van der Waals surface area contributed by atoms with Gasteiger partial charge in [0.25, 0.3) is 0 Å². The van der Waals surface area contributed by atoms with Gasteiger partial charge in [0.15, 0.2) is 5.65 Å². The average Bonchev–Trinajstić information content (AvgIpc) is 2.60. The number of hydrogen-bond acceptors (Lipinski definition) is 4. The Bertz CT molecular complexity index is 917. The zero-order valence-electron chi connectivity index (χ0n) is 14.9. The Balaban J connectivity index is 2.20. The van der Waals surface area contributed by atoms with Crippen LogP contribution in [0.25, 0.3) is 22.3 Å². The van der Waals surface area contributed by atoms with Crippen molar-refractivity contribution < 1.29 is 4.55 Å². The number of fused-ring (bicyclic) bond motifs is 1. The Hall–Kier alpha value is -2.24. The van der Waals surface area contributed by atoms with Crippen LogP contribution in [0, 0.1) is 0 Å². The molecule has 25 heavy (non-hydrogen) atoms. The molecule has 0 N–H and O–H groups in total. The van der Waals surface area contributed by atoms with Crippen molar-refractivity contribution in [1.29, 1.82) is 0 Å². The lowest BCUT2D eigenvalue weighted by molar-refractivity contribution is 0.561. The minimum absolute atomic E-state index is 0.403. The van der Waals surface area contributed by atoms with Gasteiger partial charge in [0, 0.05) is 22.7 Å². The Morgan fingerprint density at radius 1 is 1.08 bits per heavy atom. The molecule has 0 aliphatic carbocycles. The summed E-state index contributed by atoms with van der Waals surface area (Å²) in [5.41, 5.74) is 4.07.